The van der Waals surface area contributed by atoms with Crippen LogP contribution in [-0.2, 0) is 5.54 Å². The lowest BCUT2D eigenvalue weighted by Crippen LogP contribution is -2.30. The molecule has 1 aromatic rings. The predicted molar refractivity (Wildman–Crippen MR) is 54.8 cm³/mol. The van der Waals surface area contributed by atoms with Gasteiger partial charge < -0.3 is 5.73 Å². The van der Waals surface area contributed by atoms with Crippen molar-refractivity contribution in [2.45, 2.75) is 12.5 Å². The third-order valence-corrected chi connectivity index (χ3v) is 2.26. The maximum Gasteiger partial charge on any atom is 0.123 e. The van der Waals surface area contributed by atoms with Crippen LogP contribution in [0.5, 0.6) is 0 Å². The van der Waals surface area contributed by atoms with Crippen molar-refractivity contribution in [3.63, 3.8) is 0 Å². The lowest BCUT2D eigenvalue weighted by molar-refractivity contribution is 0.757. The Morgan fingerprint density at radius 2 is 2.08 bits per heavy atom. The van der Waals surface area contributed by atoms with E-state index in [9.17, 15) is 0 Å². The van der Waals surface area contributed by atoms with E-state index in [1.165, 1.54) is 5.56 Å². The van der Waals surface area contributed by atoms with E-state index in [0.717, 1.165) is 5.56 Å². The van der Waals surface area contributed by atoms with Gasteiger partial charge in [0.25, 0.3) is 0 Å². The van der Waals surface area contributed by atoms with Gasteiger partial charge in [0.15, 0.2) is 0 Å². The van der Waals surface area contributed by atoms with Crippen LogP contribution in [0.15, 0.2) is 30.3 Å². The van der Waals surface area contributed by atoms with Crippen LogP contribution in [0.1, 0.15) is 18.1 Å². The lowest BCUT2D eigenvalue weighted by atomic mass is 9.94. The molecule has 0 spiro atoms. The molecule has 1 atom stereocenters. The SMILES string of the molecule is CC#CC1(N)C=Cc2ccccc21. The second-order valence-electron chi connectivity index (χ2n) is 3.16. The molecule has 2 rings (SSSR count). The van der Waals surface area contributed by atoms with Crippen molar-refractivity contribution in [3.8, 4) is 11.8 Å². The molecular weight excluding hydrogens is 158 g/mol. The van der Waals surface area contributed by atoms with Gasteiger partial charge in [-0.05, 0) is 24.1 Å². The highest BCUT2D eigenvalue weighted by atomic mass is 14.7. The fraction of sp³-hybridized carbons (Fsp3) is 0.167. The van der Waals surface area contributed by atoms with Gasteiger partial charge in [0.2, 0.25) is 0 Å². The van der Waals surface area contributed by atoms with Gasteiger partial charge in [-0.2, -0.15) is 0 Å². The zero-order valence-corrected chi connectivity index (χ0v) is 7.54. The number of rotatable bonds is 0. The van der Waals surface area contributed by atoms with Crippen molar-refractivity contribution in [2.75, 3.05) is 0 Å². The molecule has 1 aliphatic carbocycles. The predicted octanol–water partition coefficient (Wildman–Crippen LogP) is 1.89. The van der Waals surface area contributed by atoms with E-state index in [2.05, 4.69) is 17.9 Å². The van der Waals surface area contributed by atoms with E-state index in [4.69, 9.17) is 5.73 Å². The molecule has 1 unspecified atom stereocenters. The number of benzene rings is 1. The van der Waals surface area contributed by atoms with Crippen LogP contribution < -0.4 is 5.73 Å². The maximum atomic E-state index is 6.12. The van der Waals surface area contributed by atoms with Crippen LogP contribution in [0.4, 0.5) is 0 Å². The van der Waals surface area contributed by atoms with E-state index < -0.39 is 5.54 Å². The summed E-state index contributed by atoms with van der Waals surface area (Å²) in [6, 6.07) is 8.08. The molecule has 1 aliphatic rings. The normalized spacial score (nSPS) is 23.5. The second-order valence-corrected chi connectivity index (χ2v) is 3.16. The number of nitrogens with two attached hydrogens (primary N) is 1. The molecule has 0 saturated carbocycles. The van der Waals surface area contributed by atoms with Crippen LogP contribution >= 0.6 is 0 Å². The van der Waals surface area contributed by atoms with Crippen molar-refractivity contribution in [2.24, 2.45) is 5.73 Å². The molecule has 1 aromatic carbocycles. The van der Waals surface area contributed by atoms with E-state index in [1.54, 1.807) is 0 Å². The minimum Gasteiger partial charge on any atom is -0.308 e. The first-order valence-electron chi connectivity index (χ1n) is 4.28. The van der Waals surface area contributed by atoms with Crippen LogP contribution in [-0.4, -0.2) is 0 Å². The Morgan fingerprint density at radius 3 is 2.85 bits per heavy atom. The van der Waals surface area contributed by atoms with Crippen LogP contribution in [0.3, 0.4) is 0 Å². The highest BCUT2D eigenvalue weighted by molar-refractivity contribution is 5.67. The third kappa shape index (κ3) is 1.16. The van der Waals surface area contributed by atoms with E-state index >= 15 is 0 Å². The van der Waals surface area contributed by atoms with Crippen molar-refractivity contribution < 1.29 is 0 Å². The number of hydrogen-bond acceptors (Lipinski definition) is 1. The topological polar surface area (TPSA) is 26.0 Å². The molecule has 0 amide bonds. The molecule has 0 fully saturated rings. The first kappa shape index (κ1) is 8.10. The largest absolute Gasteiger partial charge is 0.308 e. The summed E-state index contributed by atoms with van der Waals surface area (Å²) in [5.41, 5.74) is 7.83. The molecule has 2 N–H and O–H groups in total. The number of fused-ring (bicyclic) bond motifs is 1. The van der Waals surface area contributed by atoms with Crippen molar-refractivity contribution >= 4 is 6.08 Å². The summed E-state index contributed by atoms with van der Waals surface area (Å²) in [5, 5.41) is 0. The Labute approximate surface area is 78.3 Å². The summed E-state index contributed by atoms with van der Waals surface area (Å²) in [5.74, 6) is 5.88. The smallest absolute Gasteiger partial charge is 0.123 e. The Balaban J connectivity index is 2.59. The quantitative estimate of drug-likeness (QED) is 0.590. The average molecular weight is 169 g/mol. The molecule has 1 heteroatoms. The fourth-order valence-corrected chi connectivity index (χ4v) is 1.65. The highest BCUT2D eigenvalue weighted by Crippen LogP contribution is 2.30. The summed E-state index contributed by atoms with van der Waals surface area (Å²) < 4.78 is 0. The Morgan fingerprint density at radius 1 is 1.31 bits per heavy atom. The molecule has 13 heavy (non-hydrogen) atoms. The second kappa shape index (κ2) is 2.76. The molecule has 0 saturated heterocycles. The summed E-state index contributed by atoms with van der Waals surface area (Å²) in [4.78, 5) is 0. The molecule has 64 valence electrons. The van der Waals surface area contributed by atoms with E-state index in [1.807, 2.05) is 37.3 Å². The van der Waals surface area contributed by atoms with Crippen molar-refractivity contribution in [1.82, 2.24) is 0 Å². The van der Waals surface area contributed by atoms with Crippen molar-refractivity contribution in [3.05, 3.63) is 41.5 Å². The summed E-state index contributed by atoms with van der Waals surface area (Å²) in [6.45, 7) is 1.81. The van der Waals surface area contributed by atoms with Gasteiger partial charge in [-0.3, -0.25) is 0 Å². The summed E-state index contributed by atoms with van der Waals surface area (Å²) in [7, 11) is 0. The zero-order chi connectivity index (χ0) is 9.31. The third-order valence-electron chi connectivity index (χ3n) is 2.26. The lowest BCUT2D eigenvalue weighted by Gasteiger charge is -2.16. The molecule has 0 radical (unpaired) electrons. The minimum absolute atomic E-state index is 0.564. The van der Waals surface area contributed by atoms with Gasteiger partial charge in [0.05, 0.1) is 0 Å². The van der Waals surface area contributed by atoms with Gasteiger partial charge in [-0.1, -0.05) is 36.3 Å². The molecule has 0 heterocycles. The Hall–Kier alpha value is -1.52. The van der Waals surface area contributed by atoms with Crippen LogP contribution in [0.2, 0.25) is 0 Å². The van der Waals surface area contributed by atoms with Crippen LogP contribution in [0.25, 0.3) is 6.08 Å². The highest BCUT2D eigenvalue weighted by Gasteiger charge is 2.27. The standard InChI is InChI=1S/C12H11N/c1-2-8-12(13)9-7-10-5-3-4-6-11(10)12/h3-7,9H,13H2,1H3. The van der Waals surface area contributed by atoms with Gasteiger partial charge in [0.1, 0.15) is 5.54 Å². The fourth-order valence-electron chi connectivity index (χ4n) is 1.65. The van der Waals surface area contributed by atoms with Gasteiger partial charge in [0, 0.05) is 0 Å². The zero-order valence-electron chi connectivity index (χ0n) is 7.54. The molecule has 1 nitrogen and oxygen atoms in total. The molecule has 0 aliphatic heterocycles. The molecule has 0 aromatic heterocycles. The van der Waals surface area contributed by atoms with E-state index in [-0.39, 0.29) is 0 Å². The summed E-state index contributed by atoms with van der Waals surface area (Å²) >= 11 is 0. The maximum absolute atomic E-state index is 6.12. The van der Waals surface area contributed by atoms with Gasteiger partial charge in [-0.25, -0.2) is 0 Å². The minimum atomic E-state index is -0.564. The van der Waals surface area contributed by atoms with Crippen molar-refractivity contribution in [1.29, 1.82) is 0 Å². The molecular formula is C12H11N. The van der Waals surface area contributed by atoms with E-state index in [0.29, 0.717) is 0 Å². The Kier molecular flexibility index (Phi) is 1.72. The first-order valence-corrected chi connectivity index (χ1v) is 4.28. The molecule has 0 bridgehead atoms. The summed E-state index contributed by atoms with van der Waals surface area (Å²) in [6.07, 6.45) is 3.98. The number of hydrogen-bond donors (Lipinski definition) is 1. The van der Waals surface area contributed by atoms with Gasteiger partial charge in [-0.15, -0.1) is 5.92 Å². The monoisotopic (exact) mass is 169 g/mol. The van der Waals surface area contributed by atoms with Crippen LogP contribution in [0, 0.1) is 11.8 Å². The first-order chi connectivity index (χ1) is 6.26. The van der Waals surface area contributed by atoms with Gasteiger partial charge >= 0.3 is 0 Å². The Bertz CT molecular complexity index is 420. The average Bonchev–Trinajstić information content (AvgIpc) is 2.46.